The highest BCUT2D eigenvalue weighted by molar-refractivity contribution is 7.28. The van der Waals surface area contributed by atoms with E-state index in [4.69, 9.17) is 4.98 Å². The Morgan fingerprint density at radius 2 is 1.45 bits per heavy atom. The minimum Gasteiger partial charge on any atom is -0.256 e. The summed E-state index contributed by atoms with van der Waals surface area (Å²) in [6.45, 7) is 9.12. The second-order valence-electron chi connectivity index (χ2n) is 9.73. The highest BCUT2D eigenvalue weighted by Gasteiger charge is 2.20. The summed E-state index contributed by atoms with van der Waals surface area (Å²) < 4.78 is 2.64. The van der Waals surface area contributed by atoms with Gasteiger partial charge in [0.1, 0.15) is 0 Å². The van der Waals surface area contributed by atoms with Crippen molar-refractivity contribution in [1.29, 1.82) is 0 Å². The van der Waals surface area contributed by atoms with Gasteiger partial charge in [-0.15, -0.1) is 22.7 Å². The number of aromatic nitrogens is 1. The lowest BCUT2D eigenvalue weighted by molar-refractivity contribution is 0.596. The topological polar surface area (TPSA) is 12.9 Å². The van der Waals surface area contributed by atoms with Crippen molar-refractivity contribution in [3.63, 3.8) is 0 Å². The van der Waals surface area contributed by atoms with Crippen LogP contribution in [0.15, 0.2) is 79.0 Å². The molecule has 162 valence electrons. The first kappa shape index (κ1) is 20.6. The van der Waals surface area contributed by atoms with Crippen molar-refractivity contribution in [2.24, 2.45) is 0 Å². The molecule has 0 saturated heterocycles. The Bertz CT molecular complexity index is 1660. The molecule has 0 aliphatic carbocycles. The number of aryl methyl sites for hydroxylation is 1. The minimum absolute atomic E-state index is 0.0531. The summed E-state index contributed by atoms with van der Waals surface area (Å²) in [6, 6.07) is 26.6. The van der Waals surface area contributed by atoms with E-state index in [0.29, 0.717) is 0 Å². The van der Waals surface area contributed by atoms with Gasteiger partial charge in [0.2, 0.25) is 0 Å². The first-order valence-electron chi connectivity index (χ1n) is 11.3. The zero-order valence-corrected chi connectivity index (χ0v) is 20.9. The lowest BCUT2D eigenvalue weighted by Gasteiger charge is -2.22. The molecule has 6 rings (SSSR count). The lowest BCUT2D eigenvalue weighted by atomic mass is 9.82. The summed E-state index contributed by atoms with van der Waals surface area (Å²) >= 11 is 3.76. The normalized spacial score (nSPS) is 12.2. The summed E-state index contributed by atoms with van der Waals surface area (Å²) in [5.74, 6) is 0. The monoisotopic (exact) mass is 463 g/mol. The van der Waals surface area contributed by atoms with Crippen LogP contribution in [0.4, 0.5) is 0 Å². The van der Waals surface area contributed by atoms with Crippen molar-refractivity contribution in [2.75, 3.05) is 0 Å². The van der Waals surface area contributed by atoms with E-state index in [1.807, 2.05) is 28.9 Å². The third-order valence-electron chi connectivity index (χ3n) is 6.46. The maximum Gasteiger partial charge on any atom is 0.0789 e. The van der Waals surface area contributed by atoms with Gasteiger partial charge in [-0.05, 0) is 70.0 Å². The van der Waals surface area contributed by atoms with Gasteiger partial charge < -0.3 is 0 Å². The highest BCUT2D eigenvalue weighted by atomic mass is 32.1. The molecule has 0 radical (unpaired) electrons. The molecule has 3 aromatic heterocycles. The first-order valence-corrected chi connectivity index (χ1v) is 12.9. The van der Waals surface area contributed by atoms with Gasteiger partial charge in [-0.25, -0.2) is 0 Å². The molecule has 0 aliphatic rings. The molecular weight excluding hydrogens is 438 g/mol. The molecule has 0 bridgehead atoms. The Morgan fingerprint density at radius 1 is 0.727 bits per heavy atom. The Morgan fingerprint density at radius 3 is 2.24 bits per heavy atom. The first-order chi connectivity index (χ1) is 15.9. The van der Waals surface area contributed by atoms with E-state index in [0.717, 1.165) is 5.69 Å². The summed E-state index contributed by atoms with van der Waals surface area (Å²) in [4.78, 5) is 7.59. The number of pyridine rings is 1. The van der Waals surface area contributed by atoms with E-state index >= 15 is 0 Å². The Hall–Kier alpha value is -3.01. The van der Waals surface area contributed by atoms with Crippen molar-refractivity contribution < 1.29 is 0 Å². The summed E-state index contributed by atoms with van der Waals surface area (Å²) in [5.41, 5.74) is 5.06. The number of nitrogens with zero attached hydrogens (tertiary/aromatic N) is 1. The van der Waals surface area contributed by atoms with Crippen LogP contribution >= 0.6 is 22.7 Å². The van der Waals surface area contributed by atoms with Crippen LogP contribution in [-0.2, 0) is 5.41 Å². The molecule has 33 heavy (non-hydrogen) atoms. The van der Waals surface area contributed by atoms with E-state index in [-0.39, 0.29) is 5.41 Å². The van der Waals surface area contributed by atoms with E-state index in [2.05, 4.69) is 100 Å². The molecule has 0 fully saturated rings. The molecule has 0 saturated carbocycles. The summed E-state index contributed by atoms with van der Waals surface area (Å²) in [7, 11) is 0. The molecule has 0 amide bonds. The molecule has 3 heteroatoms. The van der Waals surface area contributed by atoms with Gasteiger partial charge in [0, 0.05) is 36.3 Å². The Kier molecular flexibility index (Phi) is 4.69. The van der Waals surface area contributed by atoms with Gasteiger partial charge in [-0.2, -0.15) is 0 Å². The van der Waals surface area contributed by atoms with Gasteiger partial charge >= 0.3 is 0 Å². The standard InChI is InChI=1S/C30H25NS2/c1-18-21-10-7-8-12-25(21)33-29(18)27-17-23-26(32-27)13-14-31-28(23)20-15-19-9-5-6-11-22(19)24(16-20)30(2,3)4/h5-17H,1-4H3. The molecule has 3 aromatic carbocycles. The summed E-state index contributed by atoms with van der Waals surface area (Å²) in [6.07, 6.45) is 1.96. The quantitative estimate of drug-likeness (QED) is 0.249. The lowest BCUT2D eigenvalue weighted by Crippen LogP contribution is -2.12. The highest BCUT2D eigenvalue weighted by Crippen LogP contribution is 2.45. The van der Waals surface area contributed by atoms with Gasteiger partial charge in [-0.1, -0.05) is 63.2 Å². The van der Waals surface area contributed by atoms with Gasteiger partial charge in [0.25, 0.3) is 0 Å². The van der Waals surface area contributed by atoms with Crippen LogP contribution < -0.4 is 0 Å². The largest absolute Gasteiger partial charge is 0.256 e. The fourth-order valence-corrected chi connectivity index (χ4v) is 7.21. The van der Waals surface area contributed by atoms with Crippen molar-refractivity contribution in [1.82, 2.24) is 4.98 Å². The Labute approximate surface area is 202 Å². The zero-order chi connectivity index (χ0) is 22.7. The number of hydrogen-bond donors (Lipinski definition) is 0. The number of hydrogen-bond acceptors (Lipinski definition) is 3. The average molecular weight is 464 g/mol. The van der Waals surface area contributed by atoms with E-state index in [9.17, 15) is 0 Å². The molecule has 3 heterocycles. The van der Waals surface area contributed by atoms with Gasteiger partial charge in [-0.3, -0.25) is 4.98 Å². The molecular formula is C30H25NS2. The van der Waals surface area contributed by atoms with Crippen LogP contribution in [0.25, 0.3) is 52.0 Å². The van der Waals surface area contributed by atoms with E-state index in [1.165, 1.54) is 57.4 Å². The van der Waals surface area contributed by atoms with Crippen molar-refractivity contribution in [2.45, 2.75) is 33.1 Å². The van der Waals surface area contributed by atoms with Gasteiger partial charge in [0.15, 0.2) is 0 Å². The van der Waals surface area contributed by atoms with Crippen LogP contribution in [0.3, 0.4) is 0 Å². The molecule has 0 unspecified atom stereocenters. The fourth-order valence-electron chi connectivity index (χ4n) is 4.78. The third-order valence-corrected chi connectivity index (χ3v) is 9.01. The number of fused-ring (bicyclic) bond motifs is 3. The van der Waals surface area contributed by atoms with Gasteiger partial charge in [0.05, 0.1) is 5.69 Å². The predicted octanol–water partition coefficient (Wildman–Crippen LogP) is 9.60. The maximum atomic E-state index is 4.89. The van der Waals surface area contributed by atoms with Crippen molar-refractivity contribution in [3.8, 4) is 21.0 Å². The summed E-state index contributed by atoms with van der Waals surface area (Å²) in [5, 5.41) is 5.20. The van der Waals surface area contributed by atoms with Crippen molar-refractivity contribution >= 4 is 53.6 Å². The number of rotatable bonds is 2. The van der Waals surface area contributed by atoms with Crippen LogP contribution in [0.2, 0.25) is 0 Å². The van der Waals surface area contributed by atoms with Crippen molar-refractivity contribution in [3.05, 3.63) is 90.1 Å². The minimum atomic E-state index is 0.0531. The van der Waals surface area contributed by atoms with Crippen LogP contribution in [0.5, 0.6) is 0 Å². The van der Waals surface area contributed by atoms with Crippen LogP contribution in [0, 0.1) is 6.92 Å². The average Bonchev–Trinajstić information content (AvgIpc) is 3.39. The zero-order valence-electron chi connectivity index (χ0n) is 19.3. The fraction of sp³-hybridized carbons (Fsp3) is 0.167. The number of benzene rings is 3. The second-order valence-corrected chi connectivity index (χ2v) is 11.9. The maximum absolute atomic E-state index is 4.89. The molecule has 0 spiro atoms. The smallest absolute Gasteiger partial charge is 0.0789 e. The van der Waals surface area contributed by atoms with Crippen LogP contribution in [0.1, 0.15) is 31.9 Å². The number of thiophene rings is 2. The Balaban J connectivity index is 1.58. The third kappa shape index (κ3) is 3.38. The molecule has 0 N–H and O–H groups in total. The second kappa shape index (κ2) is 7.51. The molecule has 1 nitrogen and oxygen atoms in total. The SMILES string of the molecule is Cc1c(-c2cc3c(-c4cc(C(C)(C)C)c5ccccc5c4)nccc3s2)sc2ccccc12. The molecule has 0 aliphatic heterocycles. The van der Waals surface area contributed by atoms with E-state index in [1.54, 1.807) is 0 Å². The predicted molar refractivity (Wildman–Crippen MR) is 147 cm³/mol. The molecule has 0 atom stereocenters. The van der Waals surface area contributed by atoms with E-state index < -0.39 is 0 Å². The molecule has 6 aromatic rings. The van der Waals surface area contributed by atoms with Crippen LogP contribution in [-0.4, -0.2) is 4.98 Å².